The van der Waals surface area contributed by atoms with Gasteiger partial charge in [0.25, 0.3) is 0 Å². The zero-order valence-corrected chi connectivity index (χ0v) is 11.2. The zero-order valence-electron chi connectivity index (χ0n) is 9.66. The van der Waals surface area contributed by atoms with Gasteiger partial charge in [0.05, 0.1) is 0 Å². The van der Waals surface area contributed by atoms with Gasteiger partial charge in [0.2, 0.25) is 0 Å². The molecule has 94 valence electrons. The molecule has 0 unspecified atom stereocenters. The Kier molecular flexibility index (Phi) is 4.33. The smallest absolute Gasteiger partial charge is 0.123 e. The lowest BCUT2D eigenvalue weighted by Gasteiger charge is -2.08. The summed E-state index contributed by atoms with van der Waals surface area (Å²) in [7, 11) is 0. The molecule has 0 aromatic heterocycles. The molecule has 2 aromatic rings. The van der Waals surface area contributed by atoms with Crippen molar-refractivity contribution >= 4 is 15.9 Å². The summed E-state index contributed by atoms with van der Waals surface area (Å²) in [6.07, 6.45) is 0. The molecule has 0 fully saturated rings. The quantitative estimate of drug-likeness (QED) is 0.904. The fourth-order valence-electron chi connectivity index (χ4n) is 1.67. The van der Waals surface area contributed by atoms with Crippen LogP contribution in [0, 0.1) is 5.82 Å². The van der Waals surface area contributed by atoms with Gasteiger partial charge in [-0.25, -0.2) is 4.39 Å². The molecular formula is C14H13BrFNO. The lowest BCUT2D eigenvalue weighted by atomic mass is 10.2. The Bertz CT molecular complexity index is 545. The standard InChI is InChI=1S/C14H13BrFNO/c15-13-6-5-12(16)7-11(13)9-17-8-10-3-1-2-4-14(10)18/h1-7,17-18H,8-9H2. The van der Waals surface area contributed by atoms with Crippen molar-refractivity contribution in [3.05, 3.63) is 63.9 Å². The van der Waals surface area contributed by atoms with Crippen LogP contribution >= 0.6 is 15.9 Å². The summed E-state index contributed by atoms with van der Waals surface area (Å²) < 4.78 is 13.9. The van der Waals surface area contributed by atoms with Crippen LogP contribution in [0.1, 0.15) is 11.1 Å². The molecule has 0 bridgehead atoms. The topological polar surface area (TPSA) is 32.3 Å². The van der Waals surface area contributed by atoms with Gasteiger partial charge in [0.15, 0.2) is 0 Å². The highest BCUT2D eigenvalue weighted by molar-refractivity contribution is 9.10. The fraction of sp³-hybridized carbons (Fsp3) is 0.143. The molecule has 0 aliphatic heterocycles. The van der Waals surface area contributed by atoms with E-state index in [4.69, 9.17) is 0 Å². The molecule has 2 rings (SSSR count). The highest BCUT2D eigenvalue weighted by Gasteiger charge is 2.03. The molecule has 0 saturated heterocycles. The predicted octanol–water partition coefficient (Wildman–Crippen LogP) is 3.58. The first-order valence-corrected chi connectivity index (χ1v) is 6.37. The maximum atomic E-state index is 13.1. The largest absolute Gasteiger partial charge is 0.508 e. The number of para-hydroxylation sites is 1. The minimum absolute atomic E-state index is 0.252. The van der Waals surface area contributed by atoms with Crippen molar-refractivity contribution in [2.45, 2.75) is 13.1 Å². The zero-order chi connectivity index (χ0) is 13.0. The van der Waals surface area contributed by atoms with Crippen LogP contribution in [-0.4, -0.2) is 5.11 Å². The first-order valence-electron chi connectivity index (χ1n) is 5.58. The van der Waals surface area contributed by atoms with Gasteiger partial charge in [-0.05, 0) is 29.8 Å². The van der Waals surface area contributed by atoms with Gasteiger partial charge in [0, 0.05) is 23.1 Å². The molecular weight excluding hydrogens is 297 g/mol. The van der Waals surface area contributed by atoms with Gasteiger partial charge < -0.3 is 10.4 Å². The van der Waals surface area contributed by atoms with Crippen molar-refractivity contribution in [3.63, 3.8) is 0 Å². The van der Waals surface area contributed by atoms with Crippen molar-refractivity contribution in [2.75, 3.05) is 0 Å². The van der Waals surface area contributed by atoms with E-state index in [2.05, 4.69) is 21.2 Å². The monoisotopic (exact) mass is 309 g/mol. The third-order valence-corrected chi connectivity index (χ3v) is 3.40. The molecule has 18 heavy (non-hydrogen) atoms. The van der Waals surface area contributed by atoms with Crippen LogP contribution in [-0.2, 0) is 13.1 Å². The molecule has 0 atom stereocenters. The summed E-state index contributed by atoms with van der Waals surface area (Å²) in [5.74, 6) is 0.0147. The molecule has 0 spiro atoms. The maximum absolute atomic E-state index is 13.1. The van der Waals surface area contributed by atoms with Gasteiger partial charge in [-0.15, -0.1) is 0 Å². The lowest BCUT2D eigenvalue weighted by Crippen LogP contribution is -2.13. The Hall–Kier alpha value is -1.39. The first-order chi connectivity index (χ1) is 8.66. The number of phenolic OH excluding ortho intramolecular Hbond substituents is 1. The molecule has 2 N–H and O–H groups in total. The lowest BCUT2D eigenvalue weighted by molar-refractivity contribution is 0.464. The number of halogens is 2. The number of rotatable bonds is 4. The molecule has 2 aromatic carbocycles. The van der Waals surface area contributed by atoms with Crippen molar-refractivity contribution < 1.29 is 9.50 Å². The SMILES string of the molecule is Oc1ccccc1CNCc1cc(F)ccc1Br. The van der Waals surface area contributed by atoms with E-state index in [1.165, 1.54) is 12.1 Å². The van der Waals surface area contributed by atoms with Gasteiger partial charge in [0.1, 0.15) is 11.6 Å². The molecule has 0 amide bonds. The average Bonchev–Trinajstić information content (AvgIpc) is 2.36. The second-order valence-electron chi connectivity index (χ2n) is 3.97. The molecule has 0 aliphatic rings. The second kappa shape index (κ2) is 5.98. The Balaban J connectivity index is 1.96. The van der Waals surface area contributed by atoms with Crippen molar-refractivity contribution in [3.8, 4) is 5.75 Å². The second-order valence-corrected chi connectivity index (χ2v) is 4.82. The Labute approximate surface area is 114 Å². The Morgan fingerprint density at radius 1 is 1.06 bits per heavy atom. The van der Waals surface area contributed by atoms with Crippen molar-refractivity contribution in [2.24, 2.45) is 0 Å². The van der Waals surface area contributed by atoms with E-state index in [1.807, 2.05) is 12.1 Å². The average molecular weight is 310 g/mol. The van der Waals surface area contributed by atoms with E-state index in [0.29, 0.717) is 13.1 Å². The van der Waals surface area contributed by atoms with Crippen molar-refractivity contribution in [1.82, 2.24) is 5.32 Å². The number of benzene rings is 2. The molecule has 0 radical (unpaired) electrons. The van der Waals surface area contributed by atoms with Crippen LogP contribution in [0.15, 0.2) is 46.9 Å². The summed E-state index contributed by atoms with van der Waals surface area (Å²) in [6.45, 7) is 1.07. The Morgan fingerprint density at radius 2 is 1.78 bits per heavy atom. The van der Waals surface area contributed by atoms with Gasteiger partial charge >= 0.3 is 0 Å². The van der Waals surface area contributed by atoms with Crippen LogP contribution in [0.3, 0.4) is 0 Å². The highest BCUT2D eigenvalue weighted by atomic mass is 79.9. The van der Waals surface area contributed by atoms with E-state index in [1.54, 1.807) is 18.2 Å². The summed E-state index contributed by atoms with van der Waals surface area (Å²) in [6, 6.07) is 11.7. The summed E-state index contributed by atoms with van der Waals surface area (Å²) in [4.78, 5) is 0. The van der Waals surface area contributed by atoms with E-state index in [-0.39, 0.29) is 11.6 Å². The maximum Gasteiger partial charge on any atom is 0.123 e. The number of hydrogen-bond donors (Lipinski definition) is 2. The third kappa shape index (κ3) is 3.31. The first kappa shape index (κ1) is 13.1. The molecule has 0 aliphatic carbocycles. The van der Waals surface area contributed by atoms with E-state index in [9.17, 15) is 9.50 Å². The molecule has 0 heterocycles. The number of phenols is 1. The van der Waals surface area contributed by atoms with Crippen LogP contribution in [0.2, 0.25) is 0 Å². The van der Waals surface area contributed by atoms with Gasteiger partial charge in [-0.2, -0.15) is 0 Å². The third-order valence-electron chi connectivity index (χ3n) is 2.63. The van der Waals surface area contributed by atoms with Crippen LogP contribution < -0.4 is 5.32 Å². The highest BCUT2D eigenvalue weighted by Crippen LogP contribution is 2.19. The van der Waals surface area contributed by atoms with Gasteiger partial charge in [-0.1, -0.05) is 34.1 Å². The predicted molar refractivity (Wildman–Crippen MR) is 72.8 cm³/mol. The van der Waals surface area contributed by atoms with E-state index < -0.39 is 0 Å². The van der Waals surface area contributed by atoms with Crippen molar-refractivity contribution in [1.29, 1.82) is 0 Å². The van der Waals surface area contributed by atoms with Gasteiger partial charge in [-0.3, -0.25) is 0 Å². The minimum Gasteiger partial charge on any atom is -0.508 e. The summed E-state index contributed by atoms with van der Waals surface area (Å²) in [5, 5.41) is 12.8. The summed E-state index contributed by atoms with van der Waals surface area (Å²) in [5.41, 5.74) is 1.68. The molecule has 4 heteroatoms. The number of aromatic hydroxyl groups is 1. The summed E-state index contributed by atoms with van der Waals surface area (Å²) >= 11 is 3.38. The van der Waals surface area contributed by atoms with Crippen LogP contribution in [0.25, 0.3) is 0 Å². The van der Waals surface area contributed by atoms with Crippen LogP contribution in [0.4, 0.5) is 4.39 Å². The number of nitrogens with one attached hydrogen (secondary N) is 1. The van der Waals surface area contributed by atoms with Crippen LogP contribution in [0.5, 0.6) is 5.75 Å². The van der Waals surface area contributed by atoms with E-state index in [0.717, 1.165) is 15.6 Å². The van der Waals surface area contributed by atoms with E-state index >= 15 is 0 Å². The number of hydrogen-bond acceptors (Lipinski definition) is 2. The normalized spacial score (nSPS) is 10.6. The molecule has 0 saturated carbocycles. The minimum atomic E-state index is -0.252. The fourth-order valence-corrected chi connectivity index (χ4v) is 2.06. The Morgan fingerprint density at radius 3 is 2.56 bits per heavy atom. The molecule has 2 nitrogen and oxygen atoms in total.